The van der Waals surface area contributed by atoms with E-state index >= 15 is 0 Å². The number of halogens is 1. The van der Waals surface area contributed by atoms with E-state index in [1.54, 1.807) is 6.07 Å². The Bertz CT molecular complexity index is 741. The highest BCUT2D eigenvalue weighted by molar-refractivity contribution is 6.31. The average molecular weight is 374 g/mol. The zero-order valence-electron chi connectivity index (χ0n) is 14.8. The zero-order chi connectivity index (χ0) is 18.4. The molecular formula is C20H24ClN3O2. The minimum absolute atomic E-state index is 0.0738. The van der Waals surface area contributed by atoms with E-state index in [0.29, 0.717) is 23.1 Å². The molecule has 3 N–H and O–H groups in total. The molecule has 0 fully saturated rings. The van der Waals surface area contributed by atoms with Crippen molar-refractivity contribution in [1.29, 1.82) is 0 Å². The van der Waals surface area contributed by atoms with Gasteiger partial charge in [0.1, 0.15) is 18.0 Å². The van der Waals surface area contributed by atoms with Gasteiger partial charge >= 0.3 is 0 Å². The summed E-state index contributed by atoms with van der Waals surface area (Å²) in [7, 11) is 0. The van der Waals surface area contributed by atoms with Crippen LogP contribution in [-0.4, -0.2) is 36.8 Å². The van der Waals surface area contributed by atoms with Crippen LogP contribution in [0.15, 0.2) is 53.5 Å². The highest BCUT2D eigenvalue weighted by Gasteiger charge is 2.22. The quantitative estimate of drug-likeness (QED) is 0.538. The van der Waals surface area contributed by atoms with E-state index in [9.17, 15) is 5.11 Å². The van der Waals surface area contributed by atoms with Gasteiger partial charge in [-0.05, 0) is 24.6 Å². The number of para-hydroxylation sites is 1. The van der Waals surface area contributed by atoms with Gasteiger partial charge in [0, 0.05) is 23.6 Å². The predicted molar refractivity (Wildman–Crippen MR) is 105 cm³/mol. The van der Waals surface area contributed by atoms with Gasteiger partial charge in [0.05, 0.1) is 13.1 Å². The SMILES string of the molecule is CCNC(=NCC(O)c1ccccc1Cl)NCC1Cc2ccccc2O1. The van der Waals surface area contributed by atoms with Crippen molar-refractivity contribution in [2.45, 2.75) is 25.6 Å². The molecule has 0 bridgehead atoms. The molecule has 3 rings (SSSR count). The lowest BCUT2D eigenvalue weighted by Crippen LogP contribution is -2.42. The molecule has 0 aliphatic carbocycles. The number of benzene rings is 2. The lowest BCUT2D eigenvalue weighted by atomic mass is 10.1. The molecule has 26 heavy (non-hydrogen) atoms. The maximum atomic E-state index is 10.3. The van der Waals surface area contributed by atoms with Gasteiger partial charge in [0.25, 0.3) is 0 Å². The number of rotatable bonds is 6. The summed E-state index contributed by atoms with van der Waals surface area (Å²) in [6.45, 7) is 3.61. The van der Waals surface area contributed by atoms with Crippen molar-refractivity contribution in [1.82, 2.24) is 10.6 Å². The van der Waals surface area contributed by atoms with E-state index in [-0.39, 0.29) is 12.6 Å². The molecule has 0 spiro atoms. The van der Waals surface area contributed by atoms with Gasteiger partial charge in [-0.15, -0.1) is 0 Å². The number of nitrogens with one attached hydrogen (secondary N) is 2. The second-order valence-electron chi connectivity index (χ2n) is 6.19. The third-order valence-corrected chi connectivity index (χ3v) is 4.59. The fraction of sp³-hybridized carbons (Fsp3) is 0.350. The average Bonchev–Trinajstić information content (AvgIpc) is 3.07. The summed E-state index contributed by atoms with van der Waals surface area (Å²) in [5, 5.41) is 17.4. The third-order valence-electron chi connectivity index (χ3n) is 4.24. The Morgan fingerprint density at radius 3 is 2.77 bits per heavy atom. The molecule has 0 saturated heterocycles. The summed E-state index contributed by atoms with van der Waals surface area (Å²) in [6.07, 6.45) is 0.209. The van der Waals surface area contributed by atoms with Crippen LogP contribution in [0, 0.1) is 0 Å². The smallest absolute Gasteiger partial charge is 0.191 e. The van der Waals surface area contributed by atoms with E-state index in [1.807, 2.05) is 43.3 Å². The molecule has 2 aromatic rings. The number of fused-ring (bicyclic) bond motifs is 1. The summed E-state index contributed by atoms with van der Waals surface area (Å²) in [6, 6.07) is 15.4. The topological polar surface area (TPSA) is 65.9 Å². The van der Waals surface area contributed by atoms with Crippen molar-refractivity contribution in [3.63, 3.8) is 0 Å². The highest BCUT2D eigenvalue weighted by atomic mass is 35.5. The third kappa shape index (κ3) is 4.68. The lowest BCUT2D eigenvalue weighted by molar-refractivity contribution is 0.187. The van der Waals surface area contributed by atoms with Gasteiger partial charge in [-0.2, -0.15) is 0 Å². The summed E-state index contributed by atoms with van der Waals surface area (Å²) in [5.41, 5.74) is 1.92. The van der Waals surface area contributed by atoms with Crippen LogP contribution in [0.3, 0.4) is 0 Å². The Kier molecular flexibility index (Phi) is 6.36. The summed E-state index contributed by atoms with van der Waals surface area (Å²) >= 11 is 6.13. The molecule has 2 unspecified atom stereocenters. The van der Waals surface area contributed by atoms with Gasteiger partial charge in [-0.1, -0.05) is 48.0 Å². The zero-order valence-corrected chi connectivity index (χ0v) is 15.5. The number of aliphatic imine (C=N–C) groups is 1. The van der Waals surface area contributed by atoms with Crippen molar-refractivity contribution in [3.8, 4) is 5.75 Å². The second-order valence-corrected chi connectivity index (χ2v) is 6.60. The van der Waals surface area contributed by atoms with Crippen molar-refractivity contribution in [2.75, 3.05) is 19.6 Å². The minimum atomic E-state index is -0.744. The van der Waals surface area contributed by atoms with Crippen LogP contribution >= 0.6 is 11.6 Å². The molecule has 0 aromatic heterocycles. The standard InChI is InChI=1S/C20H24ClN3O2/c1-2-22-20(24-13-18(25)16-8-4-5-9-17(16)21)23-12-15-11-14-7-3-6-10-19(14)26-15/h3-10,15,18,25H,2,11-13H2,1H3,(H2,22,23,24). The predicted octanol–water partition coefficient (Wildman–Crippen LogP) is 2.93. The first-order valence-corrected chi connectivity index (χ1v) is 9.24. The number of nitrogens with zero attached hydrogens (tertiary/aromatic N) is 1. The molecule has 2 aromatic carbocycles. The number of hydrogen-bond donors (Lipinski definition) is 3. The number of guanidine groups is 1. The Morgan fingerprint density at radius 2 is 2.00 bits per heavy atom. The summed E-state index contributed by atoms with van der Waals surface area (Å²) in [4.78, 5) is 4.47. The summed E-state index contributed by atoms with van der Waals surface area (Å²) in [5.74, 6) is 1.61. The van der Waals surface area contributed by atoms with Gasteiger partial charge in [-0.3, -0.25) is 4.99 Å². The molecule has 6 heteroatoms. The molecule has 1 aliphatic rings. The van der Waals surface area contributed by atoms with E-state index in [0.717, 1.165) is 18.7 Å². The van der Waals surface area contributed by atoms with Crippen LogP contribution in [-0.2, 0) is 6.42 Å². The van der Waals surface area contributed by atoms with E-state index < -0.39 is 6.10 Å². The number of ether oxygens (including phenoxy) is 1. The number of aliphatic hydroxyl groups excluding tert-OH is 1. The van der Waals surface area contributed by atoms with Crippen molar-refractivity contribution in [3.05, 3.63) is 64.7 Å². The monoisotopic (exact) mass is 373 g/mol. The molecule has 1 aliphatic heterocycles. The van der Waals surface area contributed by atoms with E-state index in [4.69, 9.17) is 16.3 Å². The maximum absolute atomic E-state index is 10.3. The van der Waals surface area contributed by atoms with Crippen molar-refractivity contribution < 1.29 is 9.84 Å². The maximum Gasteiger partial charge on any atom is 0.191 e. The minimum Gasteiger partial charge on any atom is -0.488 e. The van der Waals surface area contributed by atoms with Gasteiger partial charge in [-0.25, -0.2) is 0 Å². The van der Waals surface area contributed by atoms with Crippen molar-refractivity contribution >= 4 is 17.6 Å². The Hall–Kier alpha value is -2.24. The molecule has 2 atom stereocenters. The molecular weight excluding hydrogens is 350 g/mol. The van der Waals surface area contributed by atoms with Gasteiger partial charge < -0.3 is 20.5 Å². The fourth-order valence-corrected chi connectivity index (χ4v) is 3.20. The van der Waals surface area contributed by atoms with Crippen LogP contribution in [0.4, 0.5) is 0 Å². The van der Waals surface area contributed by atoms with Crippen LogP contribution in [0.1, 0.15) is 24.2 Å². The lowest BCUT2D eigenvalue weighted by Gasteiger charge is -2.16. The molecule has 138 valence electrons. The van der Waals surface area contributed by atoms with Gasteiger partial charge in [0.15, 0.2) is 5.96 Å². The van der Waals surface area contributed by atoms with E-state index in [1.165, 1.54) is 5.56 Å². The Balaban J connectivity index is 1.55. The molecule has 0 amide bonds. The van der Waals surface area contributed by atoms with Crippen LogP contribution < -0.4 is 15.4 Å². The normalized spacial score (nSPS) is 17.3. The first-order valence-electron chi connectivity index (χ1n) is 8.86. The molecule has 1 heterocycles. The van der Waals surface area contributed by atoms with Crippen LogP contribution in [0.2, 0.25) is 5.02 Å². The Morgan fingerprint density at radius 1 is 1.23 bits per heavy atom. The highest BCUT2D eigenvalue weighted by Crippen LogP contribution is 2.27. The van der Waals surface area contributed by atoms with Crippen LogP contribution in [0.25, 0.3) is 0 Å². The molecule has 0 radical (unpaired) electrons. The fourth-order valence-electron chi connectivity index (χ4n) is 2.94. The van der Waals surface area contributed by atoms with Gasteiger partial charge in [0.2, 0.25) is 0 Å². The number of aliphatic hydroxyl groups is 1. The summed E-state index contributed by atoms with van der Waals surface area (Å²) < 4.78 is 5.93. The first kappa shape index (κ1) is 18.5. The molecule has 5 nitrogen and oxygen atoms in total. The Labute approximate surface area is 159 Å². The largest absolute Gasteiger partial charge is 0.488 e. The van der Waals surface area contributed by atoms with Crippen LogP contribution in [0.5, 0.6) is 5.75 Å². The molecule has 0 saturated carbocycles. The van der Waals surface area contributed by atoms with E-state index in [2.05, 4.69) is 21.7 Å². The second kappa shape index (κ2) is 8.92. The van der Waals surface area contributed by atoms with Crippen molar-refractivity contribution in [2.24, 2.45) is 4.99 Å². The first-order chi connectivity index (χ1) is 12.7. The number of hydrogen-bond acceptors (Lipinski definition) is 3.